The second kappa shape index (κ2) is 7.07. The van der Waals surface area contributed by atoms with Crippen LogP contribution in [0.3, 0.4) is 0 Å². The lowest BCUT2D eigenvalue weighted by Crippen LogP contribution is -2.47. The monoisotopic (exact) mass is 314 g/mol. The zero-order valence-electron chi connectivity index (χ0n) is 12.9. The standard InChI is InChI=1S/C18H22N2OS/c1-14(18(21)19-10-8-17-7-4-12-22-17)20-11-9-15-5-2-3-6-16(15)13-20/h2-7,12,14H,8-11,13H2,1H3,(H,19,21). The highest BCUT2D eigenvalue weighted by atomic mass is 32.1. The fourth-order valence-electron chi connectivity index (χ4n) is 2.93. The van der Waals surface area contributed by atoms with Gasteiger partial charge in [-0.25, -0.2) is 0 Å². The number of hydrogen-bond acceptors (Lipinski definition) is 3. The van der Waals surface area contributed by atoms with E-state index in [1.807, 2.05) is 6.92 Å². The Hall–Kier alpha value is -1.65. The predicted molar refractivity (Wildman–Crippen MR) is 91.1 cm³/mol. The molecule has 0 aliphatic carbocycles. The maximum absolute atomic E-state index is 12.3. The molecule has 3 nitrogen and oxygen atoms in total. The summed E-state index contributed by atoms with van der Waals surface area (Å²) in [6.45, 7) is 4.55. The van der Waals surface area contributed by atoms with Crippen molar-refractivity contribution in [3.63, 3.8) is 0 Å². The van der Waals surface area contributed by atoms with Crippen LogP contribution in [0.2, 0.25) is 0 Å². The van der Waals surface area contributed by atoms with Gasteiger partial charge >= 0.3 is 0 Å². The summed E-state index contributed by atoms with van der Waals surface area (Å²) in [5, 5.41) is 5.14. The fraction of sp³-hybridized carbons (Fsp3) is 0.389. The first kappa shape index (κ1) is 15.3. The lowest BCUT2D eigenvalue weighted by molar-refractivity contribution is -0.126. The first-order chi connectivity index (χ1) is 10.7. The Balaban J connectivity index is 1.51. The number of fused-ring (bicyclic) bond motifs is 1. The maximum atomic E-state index is 12.3. The number of rotatable bonds is 5. The molecule has 1 aromatic heterocycles. The number of hydrogen-bond donors (Lipinski definition) is 1. The Morgan fingerprint density at radius 3 is 2.86 bits per heavy atom. The quantitative estimate of drug-likeness (QED) is 0.920. The van der Waals surface area contributed by atoms with Gasteiger partial charge in [0.2, 0.25) is 5.91 Å². The van der Waals surface area contributed by atoms with Gasteiger partial charge in [0.25, 0.3) is 0 Å². The molecule has 3 rings (SSSR count). The van der Waals surface area contributed by atoms with Gasteiger partial charge in [0, 0.05) is 24.5 Å². The first-order valence-electron chi connectivity index (χ1n) is 7.85. The van der Waals surface area contributed by atoms with E-state index in [1.54, 1.807) is 11.3 Å². The van der Waals surface area contributed by atoms with Crippen LogP contribution in [0.5, 0.6) is 0 Å². The summed E-state index contributed by atoms with van der Waals surface area (Å²) in [4.78, 5) is 15.9. The summed E-state index contributed by atoms with van der Waals surface area (Å²) < 4.78 is 0. The fourth-order valence-corrected chi connectivity index (χ4v) is 3.63. The molecule has 1 aliphatic heterocycles. The molecule has 1 atom stereocenters. The zero-order chi connectivity index (χ0) is 15.4. The van der Waals surface area contributed by atoms with Crippen LogP contribution in [0.25, 0.3) is 0 Å². The summed E-state index contributed by atoms with van der Waals surface area (Å²) in [6, 6.07) is 12.6. The highest BCUT2D eigenvalue weighted by Gasteiger charge is 2.24. The molecule has 116 valence electrons. The molecule has 1 aliphatic rings. The van der Waals surface area contributed by atoms with E-state index >= 15 is 0 Å². The van der Waals surface area contributed by atoms with Crippen molar-refractivity contribution in [2.24, 2.45) is 0 Å². The Kier molecular flexibility index (Phi) is 4.90. The highest BCUT2D eigenvalue weighted by molar-refractivity contribution is 7.09. The molecular weight excluding hydrogens is 292 g/mol. The summed E-state index contributed by atoms with van der Waals surface area (Å²) in [5.74, 6) is 0.135. The van der Waals surface area contributed by atoms with Crippen molar-refractivity contribution in [2.75, 3.05) is 13.1 Å². The van der Waals surface area contributed by atoms with E-state index in [0.717, 1.165) is 25.9 Å². The predicted octanol–water partition coefficient (Wildman–Crippen LogP) is 2.85. The van der Waals surface area contributed by atoms with Crippen molar-refractivity contribution in [1.82, 2.24) is 10.2 Å². The lowest BCUT2D eigenvalue weighted by atomic mass is 9.99. The van der Waals surface area contributed by atoms with Crippen molar-refractivity contribution in [3.05, 3.63) is 57.8 Å². The van der Waals surface area contributed by atoms with Gasteiger partial charge in [-0.05, 0) is 42.3 Å². The SMILES string of the molecule is CC(C(=O)NCCc1cccs1)N1CCc2ccccc2C1. The van der Waals surface area contributed by atoms with Crippen LogP contribution >= 0.6 is 11.3 Å². The molecule has 0 spiro atoms. The van der Waals surface area contributed by atoms with E-state index in [1.165, 1.54) is 16.0 Å². The van der Waals surface area contributed by atoms with Gasteiger partial charge in [-0.1, -0.05) is 30.3 Å². The summed E-state index contributed by atoms with van der Waals surface area (Å²) in [5.41, 5.74) is 2.77. The van der Waals surface area contributed by atoms with Crippen LogP contribution in [-0.2, 0) is 24.2 Å². The number of benzene rings is 1. The molecule has 1 N–H and O–H groups in total. The Morgan fingerprint density at radius 2 is 2.09 bits per heavy atom. The Labute approximate surface area is 136 Å². The first-order valence-corrected chi connectivity index (χ1v) is 8.73. The lowest BCUT2D eigenvalue weighted by Gasteiger charge is -2.32. The van der Waals surface area contributed by atoms with E-state index in [4.69, 9.17) is 0 Å². The normalized spacial score (nSPS) is 16.0. The van der Waals surface area contributed by atoms with Gasteiger partial charge in [0.15, 0.2) is 0 Å². The Bertz CT molecular complexity index is 624. The molecule has 1 unspecified atom stereocenters. The third kappa shape index (κ3) is 3.57. The van der Waals surface area contributed by atoms with Crippen molar-refractivity contribution >= 4 is 17.2 Å². The number of carbonyl (C=O) groups excluding carboxylic acids is 1. The molecule has 0 fully saturated rings. The minimum Gasteiger partial charge on any atom is -0.354 e. The van der Waals surface area contributed by atoms with Crippen LogP contribution in [0.15, 0.2) is 41.8 Å². The third-order valence-electron chi connectivity index (χ3n) is 4.34. The molecule has 0 radical (unpaired) electrons. The van der Waals surface area contributed by atoms with Crippen LogP contribution < -0.4 is 5.32 Å². The average molecular weight is 314 g/mol. The number of amides is 1. The molecule has 0 saturated heterocycles. The topological polar surface area (TPSA) is 32.3 Å². The molecule has 2 aromatic rings. The van der Waals surface area contributed by atoms with Gasteiger partial charge in [-0.15, -0.1) is 11.3 Å². The highest BCUT2D eigenvalue weighted by Crippen LogP contribution is 2.20. The van der Waals surface area contributed by atoms with Crippen molar-refractivity contribution in [2.45, 2.75) is 32.4 Å². The zero-order valence-corrected chi connectivity index (χ0v) is 13.7. The molecule has 0 bridgehead atoms. The van der Waals surface area contributed by atoms with E-state index in [2.05, 4.69) is 52.0 Å². The summed E-state index contributed by atoms with van der Waals surface area (Å²) in [7, 11) is 0. The van der Waals surface area contributed by atoms with Gasteiger partial charge < -0.3 is 5.32 Å². The van der Waals surface area contributed by atoms with Gasteiger partial charge in [-0.2, -0.15) is 0 Å². The molecule has 1 aromatic carbocycles. The largest absolute Gasteiger partial charge is 0.354 e. The number of carbonyl (C=O) groups is 1. The van der Waals surface area contributed by atoms with Crippen LogP contribution in [0.1, 0.15) is 22.9 Å². The van der Waals surface area contributed by atoms with Crippen molar-refractivity contribution < 1.29 is 4.79 Å². The molecule has 4 heteroatoms. The van der Waals surface area contributed by atoms with Crippen molar-refractivity contribution in [1.29, 1.82) is 0 Å². The molecular formula is C18H22N2OS. The Morgan fingerprint density at radius 1 is 1.27 bits per heavy atom. The van der Waals surface area contributed by atoms with Crippen LogP contribution in [-0.4, -0.2) is 29.9 Å². The van der Waals surface area contributed by atoms with E-state index in [9.17, 15) is 4.79 Å². The number of nitrogens with zero attached hydrogens (tertiary/aromatic N) is 1. The van der Waals surface area contributed by atoms with Crippen molar-refractivity contribution in [3.8, 4) is 0 Å². The molecule has 0 saturated carbocycles. The van der Waals surface area contributed by atoms with Crippen LogP contribution in [0.4, 0.5) is 0 Å². The molecule has 22 heavy (non-hydrogen) atoms. The van der Waals surface area contributed by atoms with E-state index in [0.29, 0.717) is 6.54 Å². The summed E-state index contributed by atoms with van der Waals surface area (Å²) >= 11 is 1.74. The summed E-state index contributed by atoms with van der Waals surface area (Å²) in [6.07, 6.45) is 1.95. The number of nitrogens with one attached hydrogen (secondary N) is 1. The smallest absolute Gasteiger partial charge is 0.237 e. The molecule has 1 amide bonds. The van der Waals surface area contributed by atoms with Gasteiger partial charge in [0.05, 0.1) is 6.04 Å². The average Bonchev–Trinajstić information content (AvgIpc) is 3.07. The minimum atomic E-state index is -0.0725. The number of thiophene rings is 1. The van der Waals surface area contributed by atoms with Crippen LogP contribution in [0, 0.1) is 0 Å². The third-order valence-corrected chi connectivity index (χ3v) is 5.27. The van der Waals surface area contributed by atoms with E-state index in [-0.39, 0.29) is 11.9 Å². The maximum Gasteiger partial charge on any atom is 0.237 e. The second-order valence-corrected chi connectivity index (χ2v) is 6.82. The second-order valence-electron chi connectivity index (χ2n) is 5.79. The van der Waals surface area contributed by atoms with Gasteiger partial charge in [-0.3, -0.25) is 9.69 Å². The minimum absolute atomic E-state index is 0.0725. The van der Waals surface area contributed by atoms with Gasteiger partial charge in [0.1, 0.15) is 0 Å². The van der Waals surface area contributed by atoms with E-state index < -0.39 is 0 Å². The molecule has 2 heterocycles.